The average molecular weight is 388 g/mol. The topological polar surface area (TPSA) is 69.2 Å². The number of carbonyl (C=O) groups excluding carboxylic acids is 1. The Labute approximate surface area is 169 Å². The van der Waals surface area contributed by atoms with Crippen molar-refractivity contribution in [3.05, 3.63) is 65.7 Å². The van der Waals surface area contributed by atoms with Gasteiger partial charge < -0.3 is 14.2 Å². The molecule has 1 N–H and O–H groups in total. The molecule has 0 aliphatic heterocycles. The van der Waals surface area contributed by atoms with Gasteiger partial charge in [-0.25, -0.2) is 5.43 Å². The molecule has 6 heteroatoms. The maximum Gasteiger partial charge on any atom is 0.275 e. The number of amides is 1. The second kappa shape index (κ2) is 9.29. The molecule has 0 aliphatic carbocycles. The van der Waals surface area contributed by atoms with Crippen molar-refractivity contribution in [2.24, 2.45) is 5.10 Å². The summed E-state index contributed by atoms with van der Waals surface area (Å²) in [7, 11) is 3.03. The molecule has 29 heavy (non-hydrogen) atoms. The molecule has 0 bridgehead atoms. The molecule has 3 aromatic rings. The van der Waals surface area contributed by atoms with Crippen LogP contribution in [0.15, 0.2) is 59.7 Å². The van der Waals surface area contributed by atoms with E-state index in [1.807, 2.05) is 36.4 Å². The predicted octanol–water partition coefficient (Wildman–Crippen LogP) is 3.63. The number of hydrogen-bond acceptors (Lipinski definition) is 5. The number of fused-ring (bicyclic) bond motifs is 1. The summed E-state index contributed by atoms with van der Waals surface area (Å²) in [5, 5.41) is 6.06. The van der Waals surface area contributed by atoms with Gasteiger partial charge in [-0.3, -0.25) is 4.79 Å². The van der Waals surface area contributed by atoms with Crippen molar-refractivity contribution >= 4 is 22.9 Å². The van der Waals surface area contributed by atoms with E-state index in [0.29, 0.717) is 22.8 Å². The summed E-state index contributed by atoms with van der Waals surface area (Å²) in [6.07, 6.45) is 6.85. The number of hydrogen-bond donors (Lipinski definition) is 1. The molecule has 3 rings (SSSR count). The highest BCUT2D eigenvalue weighted by atomic mass is 16.5. The zero-order valence-electron chi connectivity index (χ0n) is 16.1. The van der Waals surface area contributed by atoms with Crippen LogP contribution in [0.1, 0.15) is 15.9 Å². The Morgan fingerprint density at radius 3 is 2.69 bits per heavy atom. The number of carbonyl (C=O) groups is 1. The van der Waals surface area contributed by atoms with E-state index in [9.17, 15) is 4.79 Å². The van der Waals surface area contributed by atoms with Gasteiger partial charge in [0.1, 0.15) is 23.9 Å². The smallest absolute Gasteiger partial charge is 0.275 e. The number of hydrazone groups is 1. The van der Waals surface area contributed by atoms with Crippen molar-refractivity contribution in [3.63, 3.8) is 0 Å². The number of nitrogens with one attached hydrogen (secondary N) is 1. The van der Waals surface area contributed by atoms with E-state index in [-0.39, 0.29) is 6.61 Å². The molecule has 0 saturated heterocycles. The summed E-state index contributed by atoms with van der Waals surface area (Å²) in [6, 6.07) is 16.5. The lowest BCUT2D eigenvalue weighted by Gasteiger charge is -2.10. The van der Waals surface area contributed by atoms with Crippen molar-refractivity contribution in [3.8, 4) is 29.6 Å². The van der Waals surface area contributed by atoms with Gasteiger partial charge in [0, 0.05) is 11.6 Å². The van der Waals surface area contributed by atoms with Crippen LogP contribution in [0.2, 0.25) is 0 Å². The van der Waals surface area contributed by atoms with Crippen LogP contribution < -0.4 is 19.6 Å². The van der Waals surface area contributed by atoms with Crippen LogP contribution >= 0.6 is 0 Å². The Morgan fingerprint density at radius 1 is 1.10 bits per heavy atom. The number of benzene rings is 3. The first-order valence-corrected chi connectivity index (χ1v) is 8.81. The molecule has 0 atom stereocenters. The third-order valence-electron chi connectivity index (χ3n) is 4.25. The minimum atomic E-state index is -0.410. The minimum Gasteiger partial charge on any atom is -0.497 e. The largest absolute Gasteiger partial charge is 0.497 e. The van der Waals surface area contributed by atoms with E-state index in [1.165, 1.54) is 7.11 Å². The van der Waals surface area contributed by atoms with E-state index < -0.39 is 5.91 Å². The highest BCUT2D eigenvalue weighted by molar-refractivity contribution is 6.03. The zero-order valence-corrected chi connectivity index (χ0v) is 16.1. The number of terminal acetylenes is 1. The van der Waals surface area contributed by atoms with Gasteiger partial charge in [0.15, 0.2) is 0 Å². The molecule has 146 valence electrons. The van der Waals surface area contributed by atoms with Gasteiger partial charge in [-0.2, -0.15) is 5.10 Å². The first kappa shape index (κ1) is 19.8. The Kier molecular flexibility index (Phi) is 6.33. The molecule has 0 spiro atoms. The molecule has 3 aromatic carbocycles. The van der Waals surface area contributed by atoms with Crippen molar-refractivity contribution < 1.29 is 19.0 Å². The molecule has 0 saturated carbocycles. The molecule has 1 amide bonds. The van der Waals surface area contributed by atoms with E-state index in [0.717, 1.165) is 16.3 Å². The molecule has 0 fully saturated rings. The lowest BCUT2D eigenvalue weighted by atomic mass is 10.0. The van der Waals surface area contributed by atoms with Crippen molar-refractivity contribution in [1.29, 1.82) is 0 Å². The van der Waals surface area contributed by atoms with Crippen LogP contribution in [0, 0.1) is 12.3 Å². The Balaban J connectivity index is 1.87. The minimum absolute atomic E-state index is 0.134. The normalized spacial score (nSPS) is 10.5. The van der Waals surface area contributed by atoms with Crippen LogP contribution in [0.4, 0.5) is 0 Å². The number of methoxy groups -OCH3 is 2. The second-order valence-corrected chi connectivity index (χ2v) is 5.96. The van der Waals surface area contributed by atoms with E-state index >= 15 is 0 Å². The lowest BCUT2D eigenvalue weighted by Crippen LogP contribution is -2.18. The fourth-order valence-corrected chi connectivity index (χ4v) is 2.86. The maximum absolute atomic E-state index is 12.5. The average Bonchev–Trinajstić information content (AvgIpc) is 2.77. The molecule has 0 heterocycles. The molecule has 0 aromatic heterocycles. The SMILES string of the molecule is C#CCOc1ccc2ccccc2c1C=NNC(=O)c1ccc(OC)cc1OC. The highest BCUT2D eigenvalue weighted by Crippen LogP contribution is 2.27. The highest BCUT2D eigenvalue weighted by Gasteiger charge is 2.13. The van der Waals surface area contributed by atoms with Crippen molar-refractivity contribution in [2.45, 2.75) is 0 Å². The van der Waals surface area contributed by atoms with Crippen LogP contribution in [0.3, 0.4) is 0 Å². The summed E-state index contributed by atoms with van der Waals surface area (Å²) < 4.78 is 16.0. The fraction of sp³-hybridized carbons (Fsp3) is 0.130. The van der Waals surface area contributed by atoms with Crippen LogP contribution in [0.25, 0.3) is 10.8 Å². The van der Waals surface area contributed by atoms with Crippen LogP contribution in [0.5, 0.6) is 17.2 Å². The molecule has 6 nitrogen and oxygen atoms in total. The third kappa shape index (κ3) is 4.47. The van der Waals surface area contributed by atoms with E-state index in [2.05, 4.69) is 16.4 Å². The second-order valence-electron chi connectivity index (χ2n) is 5.96. The number of ether oxygens (including phenoxy) is 3. The summed E-state index contributed by atoms with van der Waals surface area (Å²) in [5.74, 6) is 3.60. The van der Waals surface area contributed by atoms with Crippen LogP contribution in [-0.2, 0) is 0 Å². The molecular weight excluding hydrogens is 368 g/mol. The zero-order chi connectivity index (χ0) is 20.6. The van der Waals surface area contributed by atoms with E-state index in [1.54, 1.807) is 31.5 Å². The first-order chi connectivity index (χ1) is 14.2. The van der Waals surface area contributed by atoms with Gasteiger partial charge in [0.05, 0.1) is 26.0 Å². The Morgan fingerprint density at radius 2 is 1.93 bits per heavy atom. The van der Waals surface area contributed by atoms with Gasteiger partial charge in [0.2, 0.25) is 0 Å². The Hall–Kier alpha value is -3.98. The monoisotopic (exact) mass is 388 g/mol. The van der Waals surface area contributed by atoms with Gasteiger partial charge in [-0.05, 0) is 29.0 Å². The molecule has 0 aliphatic rings. The van der Waals surface area contributed by atoms with Gasteiger partial charge in [-0.15, -0.1) is 6.42 Å². The van der Waals surface area contributed by atoms with Gasteiger partial charge in [-0.1, -0.05) is 36.3 Å². The third-order valence-corrected chi connectivity index (χ3v) is 4.25. The molecule has 0 unspecified atom stereocenters. The standard InChI is InChI=1S/C23H20N2O4/c1-4-13-29-21-12-9-16-7-5-6-8-18(16)20(21)15-24-25-23(26)19-11-10-17(27-2)14-22(19)28-3/h1,5-12,14-15H,13H2,2-3H3,(H,25,26). The lowest BCUT2D eigenvalue weighted by molar-refractivity contribution is 0.0952. The predicted molar refractivity (Wildman–Crippen MR) is 113 cm³/mol. The van der Waals surface area contributed by atoms with E-state index in [4.69, 9.17) is 20.6 Å². The summed E-state index contributed by atoms with van der Waals surface area (Å²) in [4.78, 5) is 12.5. The van der Waals surface area contributed by atoms with Crippen molar-refractivity contribution in [2.75, 3.05) is 20.8 Å². The molecular formula is C23H20N2O4. The molecule has 0 radical (unpaired) electrons. The quantitative estimate of drug-likeness (QED) is 0.381. The number of nitrogens with zero attached hydrogens (tertiary/aromatic N) is 1. The van der Waals surface area contributed by atoms with Crippen molar-refractivity contribution in [1.82, 2.24) is 5.43 Å². The maximum atomic E-state index is 12.5. The van der Waals surface area contributed by atoms with Gasteiger partial charge >= 0.3 is 0 Å². The first-order valence-electron chi connectivity index (χ1n) is 8.81. The number of rotatable bonds is 7. The van der Waals surface area contributed by atoms with Gasteiger partial charge in [0.25, 0.3) is 5.91 Å². The summed E-state index contributed by atoms with van der Waals surface area (Å²) in [5.41, 5.74) is 3.58. The van der Waals surface area contributed by atoms with Crippen LogP contribution in [-0.4, -0.2) is 32.9 Å². The summed E-state index contributed by atoms with van der Waals surface area (Å²) >= 11 is 0. The fourth-order valence-electron chi connectivity index (χ4n) is 2.86. The Bertz CT molecular complexity index is 1100. The summed E-state index contributed by atoms with van der Waals surface area (Å²) in [6.45, 7) is 0.134.